The molecular weight excluding hydrogens is 326 g/mol. The molecule has 3 rings (SSSR count). The summed E-state index contributed by atoms with van der Waals surface area (Å²) in [5, 5.41) is 30.7. The average molecular weight is 347 g/mol. The molecule has 1 aliphatic rings. The molecule has 0 amide bonds. The molecule has 0 aliphatic carbocycles. The number of aliphatic hydroxyl groups is 3. The van der Waals surface area contributed by atoms with E-state index in [9.17, 15) is 15.3 Å². The van der Waals surface area contributed by atoms with E-state index in [1.807, 2.05) is 0 Å². The van der Waals surface area contributed by atoms with Crippen LogP contribution in [0.5, 0.6) is 0 Å². The molecule has 1 aliphatic heterocycles. The first kappa shape index (κ1) is 17.6. The molecule has 0 saturated carbocycles. The van der Waals surface area contributed by atoms with Gasteiger partial charge in [0.1, 0.15) is 36.3 Å². The second-order valence-electron chi connectivity index (χ2n) is 5.92. The normalized spacial score (nSPS) is 27.2. The van der Waals surface area contributed by atoms with Gasteiger partial charge in [0.05, 0.1) is 6.33 Å². The predicted octanol–water partition coefficient (Wildman–Crippen LogP) is -0.418. The van der Waals surface area contributed by atoms with E-state index in [1.165, 1.54) is 17.2 Å². The first-order valence-electron chi connectivity index (χ1n) is 8.15. The Morgan fingerprint density at radius 2 is 2.12 bits per heavy atom. The number of hydrogen-bond acceptors (Lipinski definition) is 8. The second-order valence-corrected chi connectivity index (χ2v) is 5.92. The molecule has 9 nitrogen and oxygen atoms in total. The van der Waals surface area contributed by atoms with Gasteiger partial charge in [-0.3, -0.25) is 4.57 Å². The highest BCUT2D eigenvalue weighted by atomic mass is 16.6. The van der Waals surface area contributed by atoms with Crippen molar-refractivity contribution in [2.24, 2.45) is 0 Å². The smallest absolute Gasteiger partial charge is 0.167 e. The third kappa shape index (κ3) is 3.29. The zero-order valence-electron chi connectivity index (χ0n) is 13.8. The maximum Gasteiger partial charge on any atom is 0.167 e. The lowest BCUT2D eigenvalue weighted by Crippen LogP contribution is -2.38. The molecule has 134 valence electrons. The molecule has 1 unspecified atom stereocenters. The lowest BCUT2D eigenvalue weighted by Gasteiger charge is -2.17. The van der Waals surface area contributed by atoms with Gasteiger partial charge in [0.2, 0.25) is 0 Å². The van der Waals surface area contributed by atoms with Crippen LogP contribution in [-0.2, 0) is 4.74 Å². The average Bonchev–Trinajstić information content (AvgIpc) is 3.15. The third-order valence-electron chi connectivity index (χ3n) is 4.15. The van der Waals surface area contributed by atoms with Gasteiger partial charge in [-0.2, -0.15) is 0 Å². The summed E-state index contributed by atoms with van der Waals surface area (Å²) in [6, 6.07) is 0. The molecule has 5 atom stereocenters. The largest absolute Gasteiger partial charge is 0.387 e. The van der Waals surface area contributed by atoms with Crippen molar-refractivity contribution in [3.63, 3.8) is 0 Å². The maximum atomic E-state index is 10.3. The van der Waals surface area contributed by atoms with Crippen LogP contribution in [0, 0.1) is 11.8 Å². The summed E-state index contributed by atoms with van der Waals surface area (Å²) in [5.74, 6) is 5.72. The van der Waals surface area contributed by atoms with Gasteiger partial charge in [0, 0.05) is 6.42 Å². The zero-order valence-corrected chi connectivity index (χ0v) is 13.8. The van der Waals surface area contributed by atoms with Crippen molar-refractivity contribution in [2.75, 3.05) is 5.73 Å². The van der Waals surface area contributed by atoms with E-state index in [2.05, 4.69) is 33.7 Å². The van der Waals surface area contributed by atoms with Crippen LogP contribution in [-0.4, -0.2) is 59.3 Å². The second kappa shape index (κ2) is 7.33. The van der Waals surface area contributed by atoms with Crippen molar-refractivity contribution in [1.29, 1.82) is 0 Å². The van der Waals surface area contributed by atoms with E-state index in [0.717, 1.165) is 12.8 Å². The van der Waals surface area contributed by atoms with E-state index >= 15 is 0 Å². The highest BCUT2D eigenvalue weighted by Gasteiger charge is 2.47. The van der Waals surface area contributed by atoms with Crippen LogP contribution >= 0.6 is 0 Å². The van der Waals surface area contributed by atoms with Gasteiger partial charge in [-0.1, -0.05) is 19.3 Å². The summed E-state index contributed by atoms with van der Waals surface area (Å²) in [5.41, 5.74) is 6.49. The topological polar surface area (TPSA) is 140 Å². The van der Waals surface area contributed by atoms with Crippen molar-refractivity contribution < 1.29 is 20.1 Å². The van der Waals surface area contributed by atoms with Crippen LogP contribution in [0.2, 0.25) is 0 Å². The molecule has 0 aromatic carbocycles. The molecule has 9 heteroatoms. The Hall–Kier alpha value is -2.25. The first-order valence-corrected chi connectivity index (χ1v) is 8.15. The standard InChI is InChI=1S/C16H21N5O4/c1-2-3-4-5-6-9(22)13-11(23)12(24)16(25-13)21-8-20-10-14(17)18-7-19-15(10)21/h7-9,11-13,16,22-24H,2-4H2,1H3,(H2,17,18,19)/t9?,11-,12+,13+,16+/m0/s1. The van der Waals surface area contributed by atoms with Crippen molar-refractivity contribution >= 4 is 17.0 Å². The Morgan fingerprint density at radius 1 is 1.32 bits per heavy atom. The summed E-state index contributed by atoms with van der Waals surface area (Å²) in [6.45, 7) is 2.05. The van der Waals surface area contributed by atoms with Crippen LogP contribution < -0.4 is 5.73 Å². The number of fused-ring (bicyclic) bond motifs is 1. The predicted molar refractivity (Wildman–Crippen MR) is 89.0 cm³/mol. The van der Waals surface area contributed by atoms with E-state index in [0.29, 0.717) is 17.6 Å². The summed E-state index contributed by atoms with van der Waals surface area (Å²) in [6.07, 6.45) is -0.503. The number of ether oxygens (including phenoxy) is 1. The molecule has 5 N–H and O–H groups in total. The lowest BCUT2D eigenvalue weighted by atomic mass is 10.1. The molecule has 1 fully saturated rings. The van der Waals surface area contributed by atoms with Gasteiger partial charge in [-0.15, -0.1) is 5.92 Å². The SMILES string of the molecule is CCCCC#CC(O)[C@H]1O[C@@H](n2cnc3c(N)ncnc32)[C@H](O)[C@@H]1O. The van der Waals surface area contributed by atoms with Gasteiger partial charge >= 0.3 is 0 Å². The van der Waals surface area contributed by atoms with Crippen molar-refractivity contribution in [1.82, 2.24) is 19.5 Å². The molecule has 2 aromatic heterocycles. The van der Waals surface area contributed by atoms with Gasteiger partial charge in [0.25, 0.3) is 0 Å². The monoisotopic (exact) mass is 347 g/mol. The number of rotatable bonds is 4. The number of anilines is 1. The first-order chi connectivity index (χ1) is 12.0. The summed E-state index contributed by atoms with van der Waals surface area (Å²) < 4.78 is 7.12. The highest BCUT2D eigenvalue weighted by Crippen LogP contribution is 2.33. The van der Waals surface area contributed by atoms with Crippen molar-refractivity contribution in [3.05, 3.63) is 12.7 Å². The Bertz CT molecular complexity index is 799. The number of aliphatic hydroxyl groups excluding tert-OH is 3. The minimum absolute atomic E-state index is 0.204. The Labute approximate surface area is 144 Å². The molecule has 0 radical (unpaired) electrons. The fourth-order valence-corrected chi connectivity index (χ4v) is 2.76. The summed E-state index contributed by atoms with van der Waals surface area (Å²) >= 11 is 0. The Morgan fingerprint density at radius 3 is 2.88 bits per heavy atom. The number of unbranched alkanes of at least 4 members (excludes halogenated alkanes) is 2. The van der Waals surface area contributed by atoms with Crippen LogP contribution in [0.4, 0.5) is 5.82 Å². The Kier molecular flexibility index (Phi) is 5.15. The van der Waals surface area contributed by atoms with Gasteiger partial charge in [-0.05, 0) is 6.42 Å². The van der Waals surface area contributed by atoms with E-state index in [1.54, 1.807) is 0 Å². The van der Waals surface area contributed by atoms with Crippen LogP contribution in [0.1, 0.15) is 32.4 Å². The number of nitrogens with zero attached hydrogens (tertiary/aromatic N) is 4. The van der Waals surface area contributed by atoms with E-state index in [-0.39, 0.29) is 5.82 Å². The van der Waals surface area contributed by atoms with Gasteiger partial charge < -0.3 is 25.8 Å². The molecule has 1 saturated heterocycles. The number of nitrogen functional groups attached to an aromatic ring is 1. The number of imidazole rings is 1. The maximum absolute atomic E-state index is 10.3. The molecule has 0 bridgehead atoms. The highest BCUT2D eigenvalue weighted by molar-refractivity contribution is 5.81. The molecule has 2 aromatic rings. The molecule has 3 heterocycles. The van der Waals surface area contributed by atoms with E-state index in [4.69, 9.17) is 10.5 Å². The summed E-state index contributed by atoms with van der Waals surface area (Å²) in [4.78, 5) is 12.1. The number of aromatic nitrogens is 4. The van der Waals surface area contributed by atoms with E-state index < -0.39 is 30.6 Å². The van der Waals surface area contributed by atoms with Crippen molar-refractivity contribution in [2.45, 2.75) is 56.8 Å². The number of hydrogen-bond donors (Lipinski definition) is 4. The minimum atomic E-state index is -1.29. The third-order valence-corrected chi connectivity index (χ3v) is 4.15. The molecular formula is C16H21N5O4. The van der Waals surface area contributed by atoms with Gasteiger partial charge in [-0.25, -0.2) is 15.0 Å². The van der Waals surface area contributed by atoms with Gasteiger partial charge in [0.15, 0.2) is 17.7 Å². The lowest BCUT2D eigenvalue weighted by molar-refractivity contribution is -0.0674. The zero-order chi connectivity index (χ0) is 18.0. The fraction of sp³-hybridized carbons (Fsp3) is 0.562. The quantitative estimate of drug-likeness (QED) is 0.432. The molecule has 25 heavy (non-hydrogen) atoms. The van der Waals surface area contributed by atoms with Crippen LogP contribution in [0.15, 0.2) is 12.7 Å². The van der Waals surface area contributed by atoms with Crippen LogP contribution in [0.25, 0.3) is 11.2 Å². The van der Waals surface area contributed by atoms with Crippen LogP contribution in [0.3, 0.4) is 0 Å². The molecule has 0 spiro atoms. The van der Waals surface area contributed by atoms with Crippen molar-refractivity contribution in [3.8, 4) is 11.8 Å². The number of nitrogens with two attached hydrogens (primary N) is 1. The Balaban J connectivity index is 1.81. The fourth-order valence-electron chi connectivity index (χ4n) is 2.76. The summed E-state index contributed by atoms with van der Waals surface area (Å²) in [7, 11) is 0. The minimum Gasteiger partial charge on any atom is -0.387 e.